The molecular formula is C16H15ClN4O3. The van der Waals surface area contributed by atoms with Crippen LogP contribution >= 0.6 is 11.6 Å². The van der Waals surface area contributed by atoms with Crippen molar-refractivity contribution in [2.45, 2.75) is 18.5 Å². The van der Waals surface area contributed by atoms with Crippen molar-refractivity contribution in [3.63, 3.8) is 0 Å². The van der Waals surface area contributed by atoms with Gasteiger partial charge in [-0.05, 0) is 17.7 Å². The lowest BCUT2D eigenvalue weighted by Crippen LogP contribution is -2.30. The number of carbonyl (C=O) groups excluding carboxylic acids is 1. The third-order valence-corrected chi connectivity index (χ3v) is 4.25. The molecule has 0 bridgehead atoms. The number of hydrogen-bond donors (Lipinski definition) is 2. The highest BCUT2D eigenvalue weighted by Crippen LogP contribution is 2.34. The van der Waals surface area contributed by atoms with Crippen LogP contribution < -0.4 is 5.32 Å². The van der Waals surface area contributed by atoms with Crippen molar-refractivity contribution >= 4 is 29.3 Å². The van der Waals surface area contributed by atoms with Crippen LogP contribution in [0.1, 0.15) is 28.5 Å². The van der Waals surface area contributed by atoms with Gasteiger partial charge in [0.05, 0.1) is 24.5 Å². The second kappa shape index (κ2) is 6.45. The van der Waals surface area contributed by atoms with Crippen molar-refractivity contribution < 1.29 is 14.7 Å². The second-order valence-electron chi connectivity index (χ2n) is 5.55. The predicted molar refractivity (Wildman–Crippen MR) is 88.0 cm³/mol. The van der Waals surface area contributed by atoms with Crippen LogP contribution in [0.25, 0.3) is 0 Å². The number of hydrogen-bond acceptors (Lipinski definition) is 5. The summed E-state index contributed by atoms with van der Waals surface area (Å²) in [6.45, 7) is 0. The van der Waals surface area contributed by atoms with E-state index in [0.29, 0.717) is 17.3 Å². The maximum absolute atomic E-state index is 12.1. The first-order valence-electron chi connectivity index (χ1n) is 7.28. The van der Waals surface area contributed by atoms with Gasteiger partial charge in [0.15, 0.2) is 5.69 Å². The molecule has 0 spiro atoms. The summed E-state index contributed by atoms with van der Waals surface area (Å²) in [6.07, 6.45) is 2.85. The topological polar surface area (TPSA) is 95.4 Å². The average molecular weight is 347 g/mol. The Bertz CT molecular complexity index is 764. The molecule has 8 heteroatoms. The number of likely N-dealkylation sites (N-methyl/N-ethyl adjacent to an activating group) is 1. The highest BCUT2D eigenvalue weighted by molar-refractivity contribution is 6.30. The molecule has 2 unspecified atom stereocenters. The standard InChI is InChI=1S/C16H15ClN4O3/c1-21-14(22)6-11(15(21)9-2-4-10(17)5-3-9)20-13-8-18-12(7-19-13)16(23)24/h2-5,7-8,11,15H,6H2,1H3,(H,19,20)(H,23,24). The summed E-state index contributed by atoms with van der Waals surface area (Å²) in [7, 11) is 1.75. The monoisotopic (exact) mass is 346 g/mol. The van der Waals surface area contributed by atoms with Gasteiger partial charge >= 0.3 is 5.97 Å². The molecule has 2 N–H and O–H groups in total. The average Bonchev–Trinajstić information content (AvgIpc) is 2.83. The fourth-order valence-corrected chi connectivity index (χ4v) is 2.94. The molecular weight excluding hydrogens is 332 g/mol. The van der Waals surface area contributed by atoms with E-state index in [4.69, 9.17) is 16.7 Å². The number of aromatic carboxylic acids is 1. The van der Waals surface area contributed by atoms with Crippen LogP contribution in [0.3, 0.4) is 0 Å². The zero-order chi connectivity index (χ0) is 17.3. The van der Waals surface area contributed by atoms with E-state index in [0.717, 1.165) is 5.56 Å². The molecule has 1 fully saturated rings. The number of carbonyl (C=O) groups is 2. The molecule has 0 aliphatic carbocycles. The number of halogens is 1. The molecule has 0 radical (unpaired) electrons. The highest BCUT2D eigenvalue weighted by Gasteiger charge is 2.38. The molecule has 3 rings (SSSR count). The number of nitrogens with zero attached hydrogens (tertiary/aromatic N) is 3. The fraction of sp³-hybridized carbons (Fsp3) is 0.250. The molecule has 1 aliphatic heterocycles. The third kappa shape index (κ3) is 3.16. The quantitative estimate of drug-likeness (QED) is 0.881. The first-order chi connectivity index (χ1) is 11.5. The summed E-state index contributed by atoms with van der Waals surface area (Å²) in [6, 6.07) is 6.97. The third-order valence-electron chi connectivity index (χ3n) is 4.00. The molecule has 2 atom stereocenters. The Labute approximate surface area is 143 Å². The SMILES string of the molecule is CN1C(=O)CC(Nc2cnc(C(=O)O)cn2)C1c1ccc(Cl)cc1. The fourth-order valence-electron chi connectivity index (χ4n) is 2.82. The number of aromatic nitrogens is 2. The van der Waals surface area contributed by atoms with Gasteiger partial charge in [-0.1, -0.05) is 23.7 Å². The van der Waals surface area contributed by atoms with Crippen molar-refractivity contribution in [1.82, 2.24) is 14.9 Å². The van der Waals surface area contributed by atoms with Gasteiger partial charge in [0, 0.05) is 18.5 Å². The summed E-state index contributed by atoms with van der Waals surface area (Å²) in [5.74, 6) is -0.696. The second-order valence-corrected chi connectivity index (χ2v) is 5.98. The zero-order valence-corrected chi connectivity index (χ0v) is 13.6. The van der Waals surface area contributed by atoms with Crippen LogP contribution in [0.15, 0.2) is 36.7 Å². The highest BCUT2D eigenvalue weighted by atomic mass is 35.5. The van der Waals surface area contributed by atoms with Crippen LogP contribution in [-0.4, -0.2) is 44.9 Å². The zero-order valence-electron chi connectivity index (χ0n) is 12.8. The number of amides is 1. The summed E-state index contributed by atoms with van der Waals surface area (Å²) < 4.78 is 0. The Morgan fingerprint density at radius 1 is 1.29 bits per heavy atom. The van der Waals surface area contributed by atoms with Crippen LogP contribution in [-0.2, 0) is 4.79 Å². The minimum atomic E-state index is -1.14. The predicted octanol–water partition coefficient (Wildman–Crippen LogP) is 2.21. The Morgan fingerprint density at radius 3 is 2.58 bits per heavy atom. The van der Waals surface area contributed by atoms with Crippen molar-refractivity contribution in [2.24, 2.45) is 0 Å². The van der Waals surface area contributed by atoms with Gasteiger partial charge in [-0.3, -0.25) is 4.79 Å². The normalized spacial score (nSPS) is 20.2. The van der Waals surface area contributed by atoms with E-state index >= 15 is 0 Å². The van der Waals surface area contributed by atoms with Crippen LogP contribution in [0, 0.1) is 0 Å². The molecule has 1 amide bonds. The van der Waals surface area contributed by atoms with Gasteiger partial charge < -0.3 is 15.3 Å². The number of anilines is 1. The van der Waals surface area contributed by atoms with Gasteiger partial charge in [-0.15, -0.1) is 0 Å². The first-order valence-corrected chi connectivity index (χ1v) is 7.66. The molecule has 1 saturated heterocycles. The van der Waals surface area contributed by atoms with Gasteiger partial charge in [0.2, 0.25) is 5.91 Å². The lowest BCUT2D eigenvalue weighted by Gasteiger charge is -2.26. The molecule has 2 aromatic rings. The van der Waals surface area contributed by atoms with E-state index < -0.39 is 5.97 Å². The maximum atomic E-state index is 12.1. The molecule has 24 heavy (non-hydrogen) atoms. The van der Waals surface area contributed by atoms with Crippen molar-refractivity contribution in [3.05, 3.63) is 52.9 Å². The van der Waals surface area contributed by atoms with Crippen molar-refractivity contribution in [2.75, 3.05) is 12.4 Å². The maximum Gasteiger partial charge on any atom is 0.356 e. The first kappa shape index (κ1) is 16.2. The molecule has 1 aromatic carbocycles. The Balaban J connectivity index is 1.83. The van der Waals surface area contributed by atoms with Gasteiger partial charge in [0.1, 0.15) is 5.82 Å². The van der Waals surface area contributed by atoms with E-state index in [9.17, 15) is 9.59 Å². The summed E-state index contributed by atoms with van der Waals surface area (Å²) in [4.78, 5) is 32.5. The van der Waals surface area contributed by atoms with Crippen LogP contribution in [0.4, 0.5) is 5.82 Å². The lowest BCUT2D eigenvalue weighted by molar-refractivity contribution is -0.127. The van der Waals surface area contributed by atoms with E-state index in [-0.39, 0.29) is 23.7 Å². The smallest absolute Gasteiger partial charge is 0.356 e. The Hall–Kier alpha value is -2.67. The number of carboxylic acids is 1. The molecule has 7 nitrogen and oxygen atoms in total. The minimum Gasteiger partial charge on any atom is -0.476 e. The van der Waals surface area contributed by atoms with Crippen molar-refractivity contribution in [1.29, 1.82) is 0 Å². The Morgan fingerprint density at radius 2 is 2.00 bits per heavy atom. The number of nitrogens with one attached hydrogen (secondary N) is 1. The Kier molecular flexibility index (Phi) is 4.35. The minimum absolute atomic E-state index is 0.0163. The van der Waals surface area contributed by atoms with Crippen LogP contribution in [0.2, 0.25) is 5.02 Å². The van der Waals surface area contributed by atoms with Gasteiger partial charge in [-0.2, -0.15) is 0 Å². The summed E-state index contributed by atoms with van der Waals surface area (Å²) >= 11 is 5.93. The van der Waals surface area contributed by atoms with E-state index in [2.05, 4.69) is 15.3 Å². The number of rotatable bonds is 4. The lowest BCUT2D eigenvalue weighted by atomic mass is 10.0. The molecule has 1 aliphatic rings. The molecule has 124 valence electrons. The number of likely N-dealkylation sites (tertiary alicyclic amines) is 1. The van der Waals surface area contributed by atoms with E-state index in [1.165, 1.54) is 12.4 Å². The van der Waals surface area contributed by atoms with E-state index in [1.54, 1.807) is 24.1 Å². The van der Waals surface area contributed by atoms with Crippen molar-refractivity contribution in [3.8, 4) is 0 Å². The molecule has 0 saturated carbocycles. The van der Waals surface area contributed by atoms with Gasteiger partial charge in [0.25, 0.3) is 0 Å². The largest absolute Gasteiger partial charge is 0.476 e. The number of carboxylic acid groups (broad SMARTS) is 1. The summed E-state index contributed by atoms with van der Waals surface area (Å²) in [5.41, 5.74) is 0.829. The molecule has 2 heterocycles. The summed E-state index contributed by atoms with van der Waals surface area (Å²) in [5, 5.41) is 12.7. The van der Waals surface area contributed by atoms with Crippen LogP contribution in [0.5, 0.6) is 0 Å². The van der Waals surface area contributed by atoms with E-state index in [1.807, 2.05) is 12.1 Å². The molecule has 1 aromatic heterocycles. The number of benzene rings is 1. The van der Waals surface area contributed by atoms with Gasteiger partial charge in [-0.25, -0.2) is 14.8 Å².